The quantitative estimate of drug-likeness (QED) is 0.764. The lowest BCUT2D eigenvalue weighted by molar-refractivity contribution is 0.0766. The van der Waals surface area contributed by atoms with Crippen LogP contribution in [0.1, 0.15) is 39.5 Å². The molecule has 0 radical (unpaired) electrons. The van der Waals surface area contributed by atoms with Gasteiger partial charge in [-0.2, -0.15) is 0 Å². The molecule has 30 heavy (non-hydrogen) atoms. The third-order valence-corrected chi connectivity index (χ3v) is 6.85. The van der Waals surface area contributed by atoms with Gasteiger partial charge in [-0.3, -0.25) is 4.79 Å². The molecule has 0 saturated carbocycles. The Bertz CT molecular complexity index is 954. The summed E-state index contributed by atoms with van der Waals surface area (Å²) >= 11 is 0. The van der Waals surface area contributed by atoms with Crippen LogP contribution in [0.25, 0.3) is 0 Å². The summed E-state index contributed by atoms with van der Waals surface area (Å²) in [5.41, 5.74) is 5.96. The van der Waals surface area contributed by atoms with Gasteiger partial charge in [-0.05, 0) is 47.7 Å². The Hall–Kier alpha value is -2.44. The van der Waals surface area contributed by atoms with Crippen LogP contribution in [-0.2, 0) is 30.7 Å². The van der Waals surface area contributed by atoms with Crippen LogP contribution in [-0.4, -0.2) is 66.6 Å². The molecule has 0 unspecified atom stereocenters. The van der Waals surface area contributed by atoms with Gasteiger partial charge in [-0.25, -0.2) is 4.98 Å². The molecule has 6 heteroatoms. The summed E-state index contributed by atoms with van der Waals surface area (Å²) in [7, 11) is 1.75. The molecule has 1 fully saturated rings. The Morgan fingerprint density at radius 2 is 1.90 bits per heavy atom. The average molecular weight is 407 g/mol. The minimum atomic E-state index is 0.0922. The third-order valence-electron chi connectivity index (χ3n) is 6.85. The van der Waals surface area contributed by atoms with E-state index in [1.54, 1.807) is 13.3 Å². The minimum absolute atomic E-state index is 0.0922. The van der Waals surface area contributed by atoms with Crippen molar-refractivity contribution in [1.29, 1.82) is 0 Å². The van der Waals surface area contributed by atoms with Gasteiger partial charge in [-0.1, -0.05) is 25.1 Å². The van der Waals surface area contributed by atoms with Gasteiger partial charge in [0.15, 0.2) is 0 Å². The normalized spacial score (nSPS) is 19.5. The lowest BCUT2D eigenvalue weighted by Crippen LogP contribution is -2.52. The van der Waals surface area contributed by atoms with Gasteiger partial charge >= 0.3 is 0 Å². The Labute approximate surface area is 178 Å². The van der Waals surface area contributed by atoms with Crippen molar-refractivity contribution in [3.05, 3.63) is 58.3 Å². The van der Waals surface area contributed by atoms with E-state index in [0.717, 1.165) is 62.5 Å². The number of hydrogen-bond donors (Lipinski definition) is 0. The molecule has 3 aliphatic heterocycles. The van der Waals surface area contributed by atoms with Gasteiger partial charge in [0.2, 0.25) is 0 Å². The Balaban J connectivity index is 1.28. The van der Waals surface area contributed by atoms with E-state index in [1.807, 2.05) is 4.90 Å². The van der Waals surface area contributed by atoms with E-state index >= 15 is 0 Å². The zero-order chi connectivity index (χ0) is 20.7. The second-order valence-corrected chi connectivity index (χ2v) is 8.66. The van der Waals surface area contributed by atoms with Crippen LogP contribution in [0.5, 0.6) is 0 Å². The molecule has 6 nitrogen and oxygen atoms in total. The first-order chi connectivity index (χ1) is 14.6. The van der Waals surface area contributed by atoms with Crippen molar-refractivity contribution in [3.63, 3.8) is 0 Å². The summed E-state index contributed by atoms with van der Waals surface area (Å²) in [6.07, 6.45) is 4.25. The number of aromatic nitrogens is 1. The van der Waals surface area contributed by atoms with Crippen LogP contribution in [0.15, 0.2) is 30.5 Å². The highest BCUT2D eigenvalue weighted by Gasteiger charge is 2.32. The number of amides is 1. The fourth-order valence-electron chi connectivity index (χ4n) is 4.79. The molecule has 1 saturated heterocycles. The zero-order valence-corrected chi connectivity index (χ0v) is 17.9. The number of ether oxygens (including phenoxy) is 1. The number of carbonyl (C=O) groups is 1. The lowest BCUT2D eigenvalue weighted by Gasteiger charge is -2.39. The van der Waals surface area contributed by atoms with Gasteiger partial charge in [0.25, 0.3) is 5.91 Å². The van der Waals surface area contributed by atoms with Gasteiger partial charge in [0.1, 0.15) is 5.82 Å². The number of pyridine rings is 1. The molecule has 0 bridgehead atoms. The van der Waals surface area contributed by atoms with Crippen molar-refractivity contribution >= 4 is 11.7 Å². The van der Waals surface area contributed by atoms with Crippen LogP contribution < -0.4 is 4.90 Å². The standard InChI is InChI=1S/C24H30N4O2/c1-3-26-8-6-18-5-4-17(10-19(18)7-9-26)13-28-14-20-11-23(25-12-22(20)24(28)29)27-15-21(16-27)30-2/h4-5,10-12,21H,3,6-9,13-16H2,1-2H3. The molecule has 3 aliphatic rings. The van der Waals surface area contributed by atoms with Crippen molar-refractivity contribution in [3.8, 4) is 0 Å². The Morgan fingerprint density at radius 3 is 2.67 bits per heavy atom. The molecule has 0 N–H and O–H groups in total. The maximum absolute atomic E-state index is 12.9. The van der Waals surface area contributed by atoms with Crippen LogP contribution in [0.4, 0.5) is 5.82 Å². The first kappa shape index (κ1) is 19.5. The van der Waals surface area contributed by atoms with Gasteiger partial charge < -0.3 is 19.4 Å². The largest absolute Gasteiger partial charge is 0.378 e. The zero-order valence-electron chi connectivity index (χ0n) is 17.9. The maximum Gasteiger partial charge on any atom is 0.256 e. The molecular formula is C24H30N4O2. The monoisotopic (exact) mass is 406 g/mol. The first-order valence-corrected chi connectivity index (χ1v) is 11.0. The fraction of sp³-hybridized carbons (Fsp3) is 0.500. The number of rotatable bonds is 5. The number of fused-ring (bicyclic) bond motifs is 2. The highest BCUT2D eigenvalue weighted by atomic mass is 16.5. The molecule has 1 amide bonds. The van der Waals surface area contributed by atoms with E-state index < -0.39 is 0 Å². The van der Waals surface area contributed by atoms with Crippen molar-refractivity contribution in [1.82, 2.24) is 14.8 Å². The topological polar surface area (TPSA) is 48.9 Å². The summed E-state index contributed by atoms with van der Waals surface area (Å²) in [4.78, 5) is 24.1. The third kappa shape index (κ3) is 3.59. The lowest BCUT2D eigenvalue weighted by atomic mass is 10.00. The SMILES string of the molecule is CCN1CCc2ccc(CN3Cc4cc(N5CC(OC)C5)ncc4C3=O)cc2CC1. The van der Waals surface area contributed by atoms with Crippen LogP contribution >= 0.6 is 0 Å². The number of likely N-dealkylation sites (N-methyl/N-ethyl adjacent to an activating group) is 1. The average Bonchev–Trinajstić information content (AvgIpc) is 2.90. The molecule has 0 spiro atoms. The second kappa shape index (κ2) is 8.00. The smallest absolute Gasteiger partial charge is 0.256 e. The van der Waals surface area contributed by atoms with Crippen molar-refractivity contribution in [2.24, 2.45) is 0 Å². The predicted molar refractivity (Wildman–Crippen MR) is 117 cm³/mol. The van der Waals surface area contributed by atoms with E-state index in [4.69, 9.17) is 4.74 Å². The molecule has 5 rings (SSSR count). The molecule has 158 valence electrons. The number of anilines is 1. The van der Waals surface area contributed by atoms with E-state index in [0.29, 0.717) is 13.1 Å². The summed E-state index contributed by atoms with van der Waals surface area (Å²) in [5.74, 6) is 1.04. The second-order valence-electron chi connectivity index (χ2n) is 8.66. The first-order valence-electron chi connectivity index (χ1n) is 11.0. The van der Waals surface area contributed by atoms with Gasteiger partial charge in [0.05, 0.1) is 11.7 Å². The fourth-order valence-corrected chi connectivity index (χ4v) is 4.79. The molecule has 4 heterocycles. The summed E-state index contributed by atoms with van der Waals surface area (Å²) in [6.45, 7) is 8.65. The van der Waals surface area contributed by atoms with Crippen LogP contribution in [0, 0.1) is 0 Å². The van der Waals surface area contributed by atoms with Crippen LogP contribution in [0.2, 0.25) is 0 Å². The summed E-state index contributed by atoms with van der Waals surface area (Å²) in [6, 6.07) is 8.87. The number of hydrogen-bond acceptors (Lipinski definition) is 5. The van der Waals surface area contributed by atoms with E-state index in [2.05, 4.69) is 46.0 Å². The Morgan fingerprint density at radius 1 is 1.10 bits per heavy atom. The van der Waals surface area contributed by atoms with Crippen LogP contribution in [0.3, 0.4) is 0 Å². The Kier molecular flexibility index (Phi) is 5.21. The molecular weight excluding hydrogens is 376 g/mol. The number of nitrogens with zero attached hydrogens (tertiary/aromatic N) is 4. The van der Waals surface area contributed by atoms with Gasteiger partial charge in [-0.15, -0.1) is 0 Å². The molecule has 2 aromatic rings. The van der Waals surface area contributed by atoms with Crippen molar-refractivity contribution in [2.75, 3.05) is 44.7 Å². The summed E-state index contributed by atoms with van der Waals surface area (Å²) < 4.78 is 5.36. The van der Waals surface area contributed by atoms with E-state index in [9.17, 15) is 4.79 Å². The van der Waals surface area contributed by atoms with Gasteiger partial charge in [0, 0.05) is 52.6 Å². The minimum Gasteiger partial charge on any atom is -0.378 e. The number of methoxy groups -OCH3 is 1. The van der Waals surface area contributed by atoms with E-state index in [-0.39, 0.29) is 12.0 Å². The maximum atomic E-state index is 12.9. The molecule has 0 atom stereocenters. The molecule has 1 aromatic heterocycles. The number of benzene rings is 1. The highest BCUT2D eigenvalue weighted by Crippen LogP contribution is 2.29. The predicted octanol–water partition coefficient (Wildman–Crippen LogP) is 2.49. The molecule has 0 aliphatic carbocycles. The number of carbonyl (C=O) groups excluding carboxylic acids is 1. The van der Waals surface area contributed by atoms with Crippen molar-refractivity contribution in [2.45, 2.75) is 39.0 Å². The molecule has 1 aromatic carbocycles. The van der Waals surface area contributed by atoms with Crippen molar-refractivity contribution < 1.29 is 9.53 Å². The summed E-state index contributed by atoms with van der Waals surface area (Å²) in [5, 5.41) is 0. The van der Waals surface area contributed by atoms with E-state index in [1.165, 1.54) is 16.7 Å². The highest BCUT2D eigenvalue weighted by molar-refractivity contribution is 5.98.